The molecule has 0 aliphatic rings. The van der Waals surface area contributed by atoms with Crippen LogP contribution in [0.15, 0.2) is 134 Å². The van der Waals surface area contributed by atoms with Crippen LogP contribution in [-0.2, 0) is 32.7 Å². The Hall–Kier alpha value is -3.85. The average Bonchev–Trinajstić information content (AvgIpc) is 3.58. The molecule has 0 fully saturated rings. The number of hydrogen-bond acceptors (Lipinski definition) is 8. The van der Waals surface area contributed by atoms with Gasteiger partial charge in [0.2, 0.25) is 0 Å². The molecular formula is C80H138NO8P. The Balaban J connectivity index is 4.02. The summed E-state index contributed by atoms with van der Waals surface area (Å²) in [5, 5.41) is 0. The summed E-state index contributed by atoms with van der Waals surface area (Å²) in [5.41, 5.74) is 0. The zero-order chi connectivity index (χ0) is 65.5. The van der Waals surface area contributed by atoms with Crippen LogP contribution in [0.4, 0.5) is 0 Å². The van der Waals surface area contributed by atoms with Gasteiger partial charge in [-0.1, -0.05) is 321 Å². The molecule has 9 nitrogen and oxygen atoms in total. The lowest BCUT2D eigenvalue weighted by Gasteiger charge is -2.28. The second-order valence-corrected chi connectivity index (χ2v) is 27.0. The molecule has 0 bridgehead atoms. The van der Waals surface area contributed by atoms with Gasteiger partial charge in [0.15, 0.2) is 6.10 Å². The van der Waals surface area contributed by atoms with Crippen LogP contribution in [0.1, 0.15) is 309 Å². The number of rotatable bonds is 67. The van der Waals surface area contributed by atoms with E-state index in [0.29, 0.717) is 17.4 Å². The normalized spacial score (nSPS) is 13.9. The van der Waals surface area contributed by atoms with Crippen molar-refractivity contribution < 1.29 is 42.1 Å². The van der Waals surface area contributed by atoms with E-state index in [4.69, 9.17) is 18.5 Å². The Morgan fingerprint density at radius 2 is 0.600 bits per heavy atom. The van der Waals surface area contributed by atoms with Crippen molar-refractivity contribution in [3.8, 4) is 0 Å². The molecule has 0 radical (unpaired) electrons. The van der Waals surface area contributed by atoms with Gasteiger partial charge in [-0.2, -0.15) is 0 Å². The zero-order valence-corrected chi connectivity index (χ0v) is 59.7. The predicted octanol–water partition coefficient (Wildman–Crippen LogP) is 23.8. The van der Waals surface area contributed by atoms with Gasteiger partial charge in [0, 0.05) is 12.8 Å². The third-order valence-corrected chi connectivity index (χ3v) is 16.6. The summed E-state index contributed by atoms with van der Waals surface area (Å²) in [4.78, 5) is 38.1. The minimum Gasteiger partial charge on any atom is -0.756 e. The third-order valence-electron chi connectivity index (χ3n) is 15.7. The number of phosphoric acid groups is 1. The first kappa shape index (κ1) is 86.2. The topological polar surface area (TPSA) is 111 Å². The van der Waals surface area contributed by atoms with Gasteiger partial charge in [-0.25, -0.2) is 0 Å². The summed E-state index contributed by atoms with van der Waals surface area (Å²) in [5.74, 6) is -0.842. The Bertz CT molecular complexity index is 1980. The number of esters is 2. The first-order chi connectivity index (χ1) is 44.0. The standard InChI is InChI=1S/C80H138NO8P/c1-6-8-10-12-14-16-18-20-22-24-26-28-30-32-34-36-37-38-39-40-41-42-43-45-46-48-50-52-54-56-58-60-62-64-66-68-70-72-79(82)86-76-78(77-88-90(84,85)87-75-74-81(3,4)5)89-80(83)73-71-69-67-65-63-61-59-57-55-53-51-49-47-44-35-33-31-29-27-25-23-21-19-17-15-13-11-9-7-2/h8-11,14-17,20-23,26-29,33,35,47,49,53,55,78H,6-7,12-13,18-19,24-25,30-32,34,36-46,48,50-52,54,56-77H2,1-5H3/b10-8-,11-9-,16-14-,17-15-,22-20-,23-21-,28-26-,29-27-,35-33-,49-47-,55-53-. The summed E-state index contributed by atoms with van der Waals surface area (Å²) >= 11 is 0. The minimum atomic E-state index is -4.65. The molecule has 90 heavy (non-hydrogen) atoms. The van der Waals surface area contributed by atoms with Gasteiger partial charge in [0.1, 0.15) is 19.8 Å². The van der Waals surface area contributed by atoms with Crippen molar-refractivity contribution in [3.63, 3.8) is 0 Å². The van der Waals surface area contributed by atoms with Crippen LogP contribution in [0.25, 0.3) is 0 Å². The van der Waals surface area contributed by atoms with Gasteiger partial charge >= 0.3 is 11.9 Å². The van der Waals surface area contributed by atoms with Crippen molar-refractivity contribution in [2.45, 2.75) is 315 Å². The largest absolute Gasteiger partial charge is 0.756 e. The van der Waals surface area contributed by atoms with E-state index in [9.17, 15) is 19.0 Å². The molecule has 0 aliphatic carbocycles. The maximum Gasteiger partial charge on any atom is 0.306 e. The van der Waals surface area contributed by atoms with Crippen molar-refractivity contribution in [2.24, 2.45) is 0 Å². The molecule has 0 heterocycles. The van der Waals surface area contributed by atoms with Crippen LogP contribution in [0.5, 0.6) is 0 Å². The number of ether oxygens (including phenoxy) is 2. The number of likely N-dealkylation sites (N-methyl/N-ethyl adjacent to an activating group) is 1. The number of nitrogens with zero attached hydrogens (tertiary/aromatic N) is 1. The average molecular weight is 1270 g/mol. The van der Waals surface area contributed by atoms with Crippen molar-refractivity contribution in [1.82, 2.24) is 0 Å². The Kier molecular flexibility index (Phi) is 66.5. The Morgan fingerprint density at radius 3 is 0.889 bits per heavy atom. The highest BCUT2D eigenvalue weighted by Crippen LogP contribution is 2.38. The monoisotopic (exact) mass is 1270 g/mol. The number of phosphoric ester groups is 1. The molecule has 0 saturated carbocycles. The highest BCUT2D eigenvalue weighted by Gasteiger charge is 2.22. The maximum absolute atomic E-state index is 12.9. The zero-order valence-electron chi connectivity index (χ0n) is 58.8. The molecule has 0 aromatic rings. The number of quaternary nitrogens is 1. The number of allylic oxidation sites excluding steroid dienone is 22. The lowest BCUT2D eigenvalue weighted by atomic mass is 10.0. The van der Waals surface area contributed by atoms with E-state index >= 15 is 0 Å². The Labute approximate surface area is 555 Å². The van der Waals surface area contributed by atoms with Crippen LogP contribution < -0.4 is 4.89 Å². The van der Waals surface area contributed by atoms with Gasteiger partial charge < -0.3 is 27.9 Å². The molecule has 0 aromatic heterocycles. The molecule has 0 amide bonds. The van der Waals surface area contributed by atoms with Gasteiger partial charge in [-0.05, 0) is 109 Å². The first-order valence-corrected chi connectivity index (χ1v) is 38.4. The fraction of sp³-hybridized carbons (Fsp3) is 0.700. The van der Waals surface area contributed by atoms with Crippen LogP contribution in [0.2, 0.25) is 0 Å². The second-order valence-electron chi connectivity index (χ2n) is 25.5. The summed E-state index contributed by atoms with van der Waals surface area (Å²) in [6.45, 7) is 4.02. The molecule has 10 heteroatoms. The van der Waals surface area contributed by atoms with Crippen molar-refractivity contribution in [1.29, 1.82) is 0 Å². The van der Waals surface area contributed by atoms with E-state index in [1.165, 1.54) is 161 Å². The van der Waals surface area contributed by atoms with E-state index in [1.807, 2.05) is 21.1 Å². The van der Waals surface area contributed by atoms with Gasteiger partial charge in [-0.15, -0.1) is 0 Å². The quantitative estimate of drug-likeness (QED) is 0.0195. The van der Waals surface area contributed by atoms with Crippen LogP contribution in [0.3, 0.4) is 0 Å². The van der Waals surface area contributed by atoms with Gasteiger partial charge in [0.25, 0.3) is 7.82 Å². The summed E-state index contributed by atoms with van der Waals surface area (Å²) < 4.78 is 34.3. The second kappa shape index (κ2) is 69.5. The van der Waals surface area contributed by atoms with E-state index in [1.54, 1.807) is 0 Å². The van der Waals surface area contributed by atoms with Crippen LogP contribution in [0, 0.1) is 0 Å². The van der Waals surface area contributed by atoms with Crippen LogP contribution >= 0.6 is 7.82 Å². The van der Waals surface area contributed by atoms with Gasteiger partial charge in [0.05, 0.1) is 27.7 Å². The summed E-state index contributed by atoms with van der Waals surface area (Å²) in [7, 11) is 1.15. The maximum atomic E-state index is 12.9. The van der Waals surface area contributed by atoms with Crippen molar-refractivity contribution >= 4 is 19.8 Å². The van der Waals surface area contributed by atoms with E-state index < -0.39 is 26.5 Å². The van der Waals surface area contributed by atoms with Crippen molar-refractivity contribution in [3.05, 3.63) is 134 Å². The molecule has 0 aliphatic heterocycles. The molecule has 0 spiro atoms. The number of hydrogen-bond donors (Lipinski definition) is 0. The molecule has 516 valence electrons. The van der Waals surface area contributed by atoms with E-state index in [2.05, 4.69) is 148 Å². The summed E-state index contributed by atoms with van der Waals surface area (Å²) in [6.07, 6.45) is 101. The third kappa shape index (κ3) is 73.2. The number of unbranched alkanes of at least 4 members (excludes halogenated alkanes) is 31. The molecule has 0 aromatic carbocycles. The highest BCUT2D eigenvalue weighted by atomic mass is 31.2. The highest BCUT2D eigenvalue weighted by molar-refractivity contribution is 7.45. The lowest BCUT2D eigenvalue weighted by molar-refractivity contribution is -0.870. The molecule has 0 rings (SSSR count). The molecule has 0 saturated heterocycles. The van der Waals surface area contributed by atoms with E-state index in [0.717, 1.165) is 116 Å². The minimum absolute atomic E-state index is 0.0379. The fourth-order valence-electron chi connectivity index (χ4n) is 10.1. The fourth-order valence-corrected chi connectivity index (χ4v) is 10.8. The molecule has 0 N–H and O–H groups in total. The lowest BCUT2D eigenvalue weighted by Crippen LogP contribution is -2.37. The van der Waals surface area contributed by atoms with E-state index in [-0.39, 0.29) is 32.0 Å². The van der Waals surface area contributed by atoms with Crippen molar-refractivity contribution in [2.75, 3.05) is 47.5 Å². The van der Waals surface area contributed by atoms with Gasteiger partial charge in [-0.3, -0.25) is 14.2 Å². The summed E-state index contributed by atoms with van der Waals surface area (Å²) in [6, 6.07) is 0. The molecular weight excluding hydrogens is 1130 g/mol. The predicted molar refractivity (Wildman–Crippen MR) is 388 cm³/mol. The smallest absolute Gasteiger partial charge is 0.306 e. The molecule has 2 unspecified atom stereocenters. The Morgan fingerprint density at radius 1 is 0.344 bits per heavy atom. The first-order valence-electron chi connectivity index (χ1n) is 36.9. The molecule has 2 atom stereocenters. The number of carbonyl (C=O) groups excluding carboxylic acids is 2. The SMILES string of the molecule is CC/C=C\C/C=C\C/C=C\C/C=C\C/C=C\C/C=C\C/C=C\CCCCCCCCCC(=O)OC(COC(=O)CCCCCCCCCCCCCCCCCCCCCCCCCC/C=C\C/C=C\C/C=C\C/C=C\CC)COP(=O)([O-])OCC[N+](C)(C)C. The van der Waals surface area contributed by atoms with Crippen LogP contribution in [-0.4, -0.2) is 70.0 Å². The number of carbonyl (C=O) groups is 2.